The first-order valence-electron chi connectivity index (χ1n) is 10.2. The van der Waals surface area contributed by atoms with E-state index in [1.807, 2.05) is 17.0 Å². The second kappa shape index (κ2) is 10.7. The van der Waals surface area contributed by atoms with Gasteiger partial charge in [-0.3, -0.25) is 4.99 Å². The van der Waals surface area contributed by atoms with Crippen LogP contribution in [0.1, 0.15) is 18.4 Å². The quantitative estimate of drug-likeness (QED) is 0.392. The minimum absolute atomic E-state index is 0.198. The first-order chi connectivity index (χ1) is 14.6. The fourth-order valence-corrected chi connectivity index (χ4v) is 3.60. The Labute approximate surface area is 177 Å². The summed E-state index contributed by atoms with van der Waals surface area (Å²) in [7, 11) is 5.04. The van der Waals surface area contributed by atoms with Crippen molar-refractivity contribution in [3.8, 4) is 11.5 Å². The Hall–Kier alpha value is -3.03. The number of aryl methyl sites for hydroxylation is 1. The maximum Gasteiger partial charge on any atom is 0.191 e. The van der Waals surface area contributed by atoms with Crippen LogP contribution in [0.4, 0.5) is 10.2 Å². The number of hydrogen-bond acceptors (Lipinski definition) is 5. The van der Waals surface area contributed by atoms with Crippen LogP contribution in [-0.2, 0) is 6.42 Å². The Balaban J connectivity index is 1.43. The molecule has 1 saturated heterocycles. The Morgan fingerprint density at radius 1 is 1.27 bits per heavy atom. The monoisotopic (exact) mass is 415 g/mol. The van der Waals surface area contributed by atoms with Crippen molar-refractivity contribution < 1.29 is 13.9 Å². The molecule has 1 aromatic heterocycles. The van der Waals surface area contributed by atoms with Crippen molar-refractivity contribution in [3.05, 3.63) is 47.9 Å². The molecule has 3 rings (SSSR count). The van der Waals surface area contributed by atoms with Gasteiger partial charge < -0.3 is 25.0 Å². The molecule has 0 bridgehead atoms. The van der Waals surface area contributed by atoms with Gasteiger partial charge in [-0.1, -0.05) is 6.07 Å². The number of rotatable bonds is 8. The van der Waals surface area contributed by atoms with E-state index < -0.39 is 0 Å². The van der Waals surface area contributed by atoms with Gasteiger partial charge >= 0.3 is 0 Å². The maximum absolute atomic E-state index is 14.0. The first-order valence-corrected chi connectivity index (χ1v) is 10.2. The Bertz CT molecular complexity index is 861. The minimum Gasteiger partial charge on any atom is -0.493 e. The van der Waals surface area contributed by atoms with Crippen LogP contribution in [0.5, 0.6) is 11.5 Å². The number of aliphatic imine (C=N–C) groups is 1. The summed E-state index contributed by atoms with van der Waals surface area (Å²) < 4.78 is 24.6. The highest BCUT2D eigenvalue weighted by molar-refractivity contribution is 5.80. The molecular formula is C22H30FN5O2. The molecule has 30 heavy (non-hydrogen) atoms. The highest BCUT2D eigenvalue weighted by Gasteiger charge is 2.25. The van der Waals surface area contributed by atoms with Gasteiger partial charge in [0.2, 0.25) is 0 Å². The lowest BCUT2D eigenvalue weighted by Gasteiger charge is -2.20. The number of methoxy groups -OCH3 is 2. The van der Waals surface area contributed by atoms with Gasteiger partial charge in [-0.2, -0.15) is 0 Å². The Morgan fingerprint density at radius 2 is 2.10 bits per heavy atom. The minimum atomic E-state index is -0.282. The van der Waals surface area contributed by atoms with Crippen molar-refractivity contribution in [1.29, 1.82) is 0 Å². The molecule has 1 aliphatic heterocycles. The molecule has 2 N–H and O–H groups in total. The van der Waals surface area contributed by atoms with Crippen molar-refractivity contribution in [2.45, 2.75) is 25.3 Å². The van der Waals surface area contributed by atoms with Crippen LogP contribution >= 0.6 is 0 Å². The topological polar surface area (TPSA) is 71.0 Å². The molecule has 0 spiro atoms. The van der Waals surface area contributed by atoms with Gasteiger partial charge in [-0.15, -0.1) is 0 Å². The van der Waals surface area contributed by atoms with E-state index in [4.69, 9.17) is 9.47 Å². The van der Waals surface area contributed by atoms with E-state index >= 15 is 0 Å². The van der Waals surface area contributed by atoms with E-state index in [2.05, 4.69) is 26.7 Å². The summed E-state index contributed by atoms with van der Waals surface area (Å²) in [4.78, 5) is 10.4. The van der Waals surface area contributed by atoms with Crippen LogP contribution in [-0.4, -0.2) is 57.9 Å². The maximum atomic E-state index is 14.0. The van der Waals surface area contributed by atoms with Crippen LogP contribution in [0.3, 0.4) is 0 Å². The van der Waals surface area contributed by atoms with Gasteiger partial charge in [0.1, 0.15) is 0 Å². The molecule has 7 nitrogen and oxygen atoms in total. The molecule has 0 aliphatic carbocycles. The van der Waals surface area contributed by atoms with Crippen molar-refractivity contribution in [1.82, 2.24) is 15.6 Å². The van der Waals surface area contributed by atoms with Crippen molar-refractivity contribution >= 4 is 11.8 Å². The molecule has 1 aliphatic rings. The number of hydrogen-bond donors (Lipinski definition) is 2. The predicted molar refractivity (Wildman–Crippen MR) is 117 cm³/mol. The average molecular weight is 416 g/mol. The summed E-state index contributed by atoms with van der Waals surface area (Å²) >= 11 is 0. The molecule has 1 atom stereocenters. The molecule has 0 saturated carbocycles. The predicted octanol–water partition coefficient (Wildman–Crippen LogP) is 2.61. The third kappa shape index (κ3) is 5.52. The van der Waals surface area contributed by atoms with E-state index in [1.54, 1.807) is 33.5 Å². The molecule has 1 fully saturated rings. The number of guanidine groups is 1. The molecule has 0 radical (unpaired) electrons. The van der Waals surface area contributed by atoms with Crippen LogP contribution in [0.25, 0.3) is 0 Å². The zero-order valence-corrected chi connectivity index (χ0v) is 17.8. The number of benzene rings is 1. The van der Waals surface area contributed by atoms with Gasteiger partial charge in [0.05, 0.1) is 14.2 Å². The highest BCUT2D eigenvalue weighted by atomic mass is 19.1. The van der Waals surface area contributed by atoms with Crippen LogP contribution in [0.15, 0.2) is 41.5 Å². The van der Waals surface area contributed by atoms with Gasteiger partial charge in [-0.05, 0) is 49.1 Å². The fraction of sp³-hybridized carbons (Fsp3) is 0.455. The molecule has 0 amide bonds. The van der Waals surface area contributed by atoms with E-state index in [0.29, 0.717) is 12.4 Å². The smallest absolute Gasteiger partial charge is 0.191 e. The molecule has 2 aromatic rings. The van der Waals surface area contributed by atoms with Gasteiger partial charge in [0.25, 0.3) is 0 Å². The second-order valence-electron chi connectivity index (χ2n) is 7.18. The zero-order valence-electron chi connectivity index (χ0n) is 17.8. The molecule has 162 valence electrons. The van der Waals surface area contributed by atoms with Crippen molar-refractivity contribution in [2.75, 3.05) is 45.8 Å². The second-order valence-corrected chi connectivity index (χ2v) is 7.18. The van der Waals surface area contributed by atoms with E-state index in [-0.39, 0.29) is 11.9 Å². The number of nitrogens with zero attached hydrogens (tertiary/aromatic N) is 3. The lowest BCUT2D eigenvalue weighted by molar-refractivity contribution is 0.354. The molecule has 1 unspecified atom stereocenters. The largest absolute Gasteiger partial charge is 0.493 e. The third-order valence-electron chi connectivity index (χ3n) is 5.17. The van der Waals surface area contributed by atoms with Crippen molar-refractivity contribution in [3.63, 3.8) is 0 Å². The molecule has 1 aromatic carbocycles. The summed E-state index contributed by atoms with van der Waals surface area (Å²) in [5.41, 5.74) is 1.20. The lowest BCUT2D eigenvalue weighted by atomic mass is 10.1. The summed E-state index contributed by atoms with van der Waals surface area (Å²) in [6, 6.07) is 9.25. The lowest BCUT2D eigenvalue weighted by Crippen LogP contribution is -2.45. The number of pyridine rings is 1. The summed E-state index contributed by atoms with van der Waals surface area (Å²) in [5, 5.41) is 6.79. The average Bonchev–Trinajstić information content (AvgIpc) is 3.24. The van der Waals surface area contributed by atoms with E-state index in [0.717, 1.165) is 49.8 Å². The first kappa shape index (κ1) is 21.7. The normalized spacial score (nSPS) is 16.5. The van der Waals surface area contributed by atoms with E-state index in [9.17, 15) is 4.39 Å². The van der Waals surface area contributed by atoms with Gasteiger partial charge in [-0.25, -0.2) is 9.37 Å². The Morgan fingerprint density at radius 3 is 2.83 bits per heavy atom. The molecular weight excluding hydrogens is 385 g/mol. The summed E-state index contributed by atoms with van der Waals surface area (Å²) in [6.07, 6.45) is 4.40. The number of halogens is 1. The molecule has 2 heterocycles. The fourth-order valence-electron chi connectivity index (χ4n) is 3.60. The van der Waals surface area contributed by atoms with Crippen molar-refractivity contribution in [2.24, 2.45) is 4.99 Å². The van der Waals surface area contributed by atoms with Crippen LogP contribution in [0.2, 0.25) is 0 Å². The van der Waals surface area contributed by atoms with Gasteiger partial charge in [0, 0.05) is 38.9 Å². The number of ether oxygens (including phenoxy) is 2. The number of aromatic nitrogens is 1. The molecule has 8 heteroatoms. The number of nitrogens with one attached hydrogen (secondary N) is 2. The van der Waals surface area contributed by atoms with Crippen LogP contribution in [0, 0.1) is 5.82 Å². The summed E-state index contributed by atoms with van der Waals surface area (Å²) in [5.74, 6) is 2.38. The number of anilines is 1. The van der Waals surface area contributed by atoms with E-state index in [1.165, 1.54) is 11.6 Å². The highest BCUT2D eigenvalue weighted by Crippen LogP contribution is 2.28. The third-order valence-corrected chi connectivity index (χ3v) is 5.17. The zero-order chi connectivity index (χ0) is 21.3. The standard InChI is InChI=1S/C22H30FN5O2/c1-24-22(26-12-4-6-16-8-9-19(29-2)20(14-16)30-3)27-17-10-13-28(15-17)21-18(23)7-5-11-25-21/h5,7-9,11,14,17H,4,6,10,12-13,15H2,1-3H3,(H2,24,26,27). The SMILES string of the molecule is CN=C(NCCCc1ccc(OC)c(OC)c1)NC1CCN(c2ncccc2F)C1. The summed E-state index contributed by atoms with van der Waals surface area (Å²) in [6.45, 7) is 2.25. The van der Waals surface area contributed by atoms with Crippen LogP contribution < -0.4 is 25.0 Å². The van der Waals surface area contributed by atoms with Gasteiger partial charge in [0.15, 0.2) is 29.1 Å². The Kier molecular flexibility index (Phi) is 7.70.